The second-order valence-electron chi connectivity index (χ2n) is 3.81. The lowest BCUT2D eigenvalue weighted by Gasteiger charge is -2.21. The highest BCUT2D eigenvalue weighted by molar-refractivity contribution is 6.36. The first-order valence-electron chi connectivity index (χ1n) is 3.96. The first kappa shape index (κ1) is 8.75. The fraction of sp³-hybridized carbons (Fsp3) is 0.556. The normalized spacial score (nSPS) is 18.1. The predicted octanol–water partition coefficient (Wildman–Crippen LogP) is 1.91. The van der Waals surface area contributed by atoms with Crippen molar-refractivity contribution in [1.29, 1.82) is 0 Å². The van der Waals surface area contributed by atoms with Gasteiger partial charge in [-0.25, -0.2) is 0 Å². The number of nitrogens with one attached hydrogen (secondary N) is 1. The van der Waals surface area contributed by atoms with Crippen molar-refractivity contribution in [3.05, 3.63) is 24.3 Å². The second-order valence-corrected chi connectivity index (χ2v) is 5.02. The molecule has 0 fully saturated rings. The van der Waals surface area contributed by atoms with E-state index in [-0.39, 0.29) is 5.54 Å². The number of allylic oxidation sites excluding steroid dienone is 4. The van der Waals surface area contributed by atoms with Crippen LogP contribution in [0.2, 0.25) is 5.54 Å². The van der Waals surface area contributed by atoms with E-state index in [1.807, 2.05) is 0 Å². The van der Waals surface area contributed by atoms with E-state index in [4.69, 9.17) is 0 Å². The third kappa shape index (κ3) is 3.53. The summed E-state index contributed by atoms with van der Waals surface area (Å²) in [5.74, 6) is 0. The molecule has 11 heavy (non-hydrogen) atoms. The first-order valence-corrected chi connectivity index (χ1v) is 5.03. The summed E-state index contributed by atoms with van der Waals surface area (Å²) in [7, 11) is 0.814. The van der Waals surface area contributed by atoms with E-state index in [1.165, 1.54) is 0 Å². The van der Waals surface area contributed by atoms with Crippen molar-refractivity contribution in [3.63, 3.8) is 0 Å². The van der Waals surface area contributed by atoms with Crippen molar-refractivity contribution in [3.8, 4) is 0 Å². The average molecular weight is 165 g/mol. The predicted molar refractivity (Wildman–Crippen MR) is 50.7 cm³/mol. The highest BCUT2D eigenvalue weighted by Gasteiger charge is 2.12. The fourth-order valence-corrected chi connectivity index (χ4v) is 1.84. The average Bonchev–Trinajstić information content (AvgIpc) is 2.32. The molecule has 1 aliphatic carbocycles. The molecule has 0 saturated carbocycles. The van der Waals surface area contributed by atoms with Crippen LogP contribution in [0.15, 0.2) is 24.3 Å². The second kappa shape index (κ2) is 3.37. The maximum atomic E-state index is 3.49. The van der Waals surface area contributed by atoms with E-state index in [0.29, 0.717) is 5.54 Å². The van der Waals surface area contributed by atoms with Gasteiger partial charge in [-0.15, -0.1) is 0 Å². The molecule has 0 spiro atoms. The molecular formula is C9H15NSi. The maximum Gasteiger partial charge on any atom is 0.151 e. The van der Waals surface area contributed by atoms with Crippen LogP contribution in [0.1, 0.15) is 20.8 Å². The molecule has 0 aromatic carbocycles. The van der Waals surface area contributed by atoms with Gasteiger partial charge in [0.2, 0.25) is 0 Å². The fourth-order valence-electron chi connectivity index (χ4n) is 0.828. The van der Waals surface area contributed by atoms with Crippen molar-refractivity contribution < 1.29 is 0 Å². The molecule has 0 aliphatic heterocycles. The van der Waals surface area contributed by atoms with E-state index in [0.717, 1.165) is 9.68 Å². The van der Waals surface area contributed by atoms with Crippen LogP contribution >= 0.6 is 0 Å². The highest BCUT2D eigenvalue weighted by Crippen LogP contribution is 2.13. The van der Waals surface area contributed by atoms with E-state index in [9.17, 15) is 0 Å². The summed E-state index contributed by atoms with van der Waals surface area (Å²) in [4.78, 5) is 3.49. The van der Waals surface area contributed by atoms with E-state index in [2.05, 4.69) is 50.1 Å². The summed E-state index contributed by atoms with van der Waals surface area (Å²) < 4.78 is 0. The molecule has 1 aliphatic rings. The summed E-state index contributed by atoms with van der Waals surface area (Å²) in [5.41, 5.74) is 0.886. The number of hydrogen-bond donors (Lipinski definition) is 1. The minimum absolute atomic E-state index is 0.253. The Balaban J connectivity index is 2.23. The molecule has 0 amide bonds. The Kier molecular flexibility index (Phi) is 2.68. The molecule has 1 nitrogen and oxygen atoms in total. The number of rotatable bonds is 2. The van der Waals surface area contributed by atoms with Gasteiger partial charge in [-0.3, -0.25) is 0 Å². The Morgan fingerprint density at radius 1 is 1.18 bits per heavy atom. The van der Waals surface area contributed by atoms with Gasteiger partial charge in [0, 0.05) is 11.1 Å². The molecule has 1 N–H and O–H groups in total. The van der Waals surface area contributed by atoms with Crippen LogP contribution in [0.4, 0.5) is 0 Å². The molecule has 0 heterocycles. The van der Waals surface area contributed by atoms with Gasteiger partial charge in [-0.05, 0) is 20.8 Å². The minimum Gasteiger partial charge on any atom is -0.334 e. The zero-order valence-electron chi connectivity index (χ0n) is 7.39. The Labute approximate surface area is 71.5 Å². The van der Waals surface area contributed by atoms with E-state index >= 15 is 0 Å². The topological polar surface area (TPSA) is 12.0 Å². The molecule has 2 heteroatoms. The smallest absolute Gasteiger partial charge is 0.151 e. The van der Waals surface area contributed by atoms with E-state index < -0.39 is 0 Å². The third-order valence-electron chi connectivity index (χ3n) is 1.36. The molecule has 0 atom stereocenters. The zero-order chi connectivity index (χ0) is 8.32. The zero-order valence-corrected chi connectivity index (χ0v) is 8.39. The first-order chi connectivity index (χ1) is 5.08. The molecule has 0 aromatic heterocycles. The Morgan fingerprint density at radius 3 is 2.18 bits per heavy atom. The minimum atomic E-state index is 0.253. The lowest BCUT2D eigenvalue weighted by molar-refractivity contribution is 0.522. The molecule has 60 valence electrons. The van der Waals surface area contributed by atoms with Crippen molar-refractivity contribution >= 4 is 9.68 Å². The molecular weight excluding hydrogens is 150 g/mol. The van der Waals surface area contributed by atoms with Gasteiger partial charge in [0.1, 0.15) is 0 Å². The van der Waals surface area contributed by atoms with Crippen molar-refractivity contribution in [2.24, 2.45) is 0 Å². The van der Waals surface area contributed by atoms with Gasteiger partial charge in [-0.2, -0.15) is 0 Å². The van der Waals surface area contributed by atoms with Crippen LogP contribution in [0.3, 0.4) is 0 Å². The van der Waals surface area contributed by atoms with Gasteiger partial charge in [-0.1, -0.05) is 24.3 Å². The molecule has 0 unspecified atom stereocenters. The van der Waals surface area contributed by atoms with Crippen molar-refractivity contribution in [2.75, 3.05) is 0 Å². The van der Waals surface area contributed by atoms with Crippen LogP contribution in [0.25, 0.3) is 0 Å². The highest BCUT2D eigenvalue weighted by atomic mass is 28.2. The molecule has 1 rings (SSSR count). The maximum absolute atomic E-state index is 3.49. The molecule has 0 bridgehead atoms. The van der Waals surface area contributed by atoms with E-state index in [1.54, 1.807) is 0 Å². The summed E-state index contributed by atoms with van der Waals surface area (Å²) in [6.07, 6.45) is 8.69. The van der Waals surface area contributed by atoms with Crippen molar-refractivity contribution in [2.45, 2.75) is 31.9 Å². The number of hydrogen-bond acceptors (Lipinski definition) is 1. The van der Waals surface area contributed by atoms with Gasteiger partial charge >= 0.3 is 0 Å². The summed E-state index contributed by atoms with van der Waals surface area (Å²) in [6.45, 7) is 6.59. The standard InChI is InChI=1S/C9H15NSi/c1-9(2,3)10-11-8-6-4-5-7-8/h4-8,10H,1-3H3. The third-order valence-corrected chi connectivity index (χ3v) is 2.97. The van der Waals surface area contributed by atoms with Crippen LogP contribution in [-0.2, 0) is 0 Å². The molecule has 2 radical (unpaired) electrons. The van der Waals surface area contributed by atoms with Gasteiger partial charge < -0.3 is 4.98 Å². The quantitative estimate of drug-likeness (QED) is 0.616. The van der Waals surface area contributed by atoms with Crippen LogP contribution < -0.4 is 4.98 Å². The Bertz CT molecular complexity index is 164. The van der Waals surface area contributed by atoms with Gasteiger partial charge in [0.25, 0.3) is 0 Å². The Hall–Kier alpha value is -0.343. The van der Waals surface area contributed by atoms with Gasteiger partial charge in [0.05, 0.1) is 0 Å². The van der Waals surface area contributed by atoms with Crippen LogP contribution in [-0.4, -0.2) is 15.2 Å². The molecule has 0 saturated heterocycles. The van der Waals surface area contributed by atoms with Crippen molar-refractivity contribution in [1.82, 2.24) is 4.98 Å². The largest absolute Gasteiger partial charge is 0.334 e. The van der Waals surface area contributed by atoms with Crippen LogP contribution in [0, 0.1) is 0 Å². The summed E-state index contributed by atoms with van der Waals surface area (Å²) in [5, 5.41) is 0. The lowest BCUT2D eigenvalue weighted by atomic mass is 10.1. The SMILES string of the molecule is CC(C)(C)N[Si]C1C=CC=C1. The monoisotopic (exact) mass is 165 g/mol. The van der Waals surface area contributed by atoms with Gasteiger partial charge in [0.15, 0.2) is 9.68 Å². The summed E-state index contributed by atoms with van der Waals surface area (Å²) in [6, 6.07) is 0. The van der Waals surface area contributed by atoms with Crippen LogP contribution in [0.5, 0.6) is 0 Å². The lowest BCUT2D eigenvalue weighted by Crippen LogP contribution is -2.39. The Morgan fingerprint density at radius 2 is 1.73 bits per heavy atom. The molecule has 0 aromatic rings. The summed E-state index contributed by atoms with van der Waals surface area (Å²) >= 11 is 0.